The molecule has 1 aromatic carbocycles. The van der Waals surface area contributed by atoms with Crippen LogP contribution in [0.2, 0.25) is 0 Å². The minimum atomic E-state index is -0.668. The summed E-state index contributed by atoms with van der Waals surface area (Å²) in [5.74, 6) is -0.971. The zero-order valence-corrected chi connectivity index (χ0v) is 14.4. The molecule has 1 aromatic heterocycles. The molecule has 0 aliphatic rings. The molecule has 0 atom stereocenters. The minimum Gasteiger partial charge on any atom is -0.454 e. The molecule has 0 radical (unpaired) electrons. The average Bonchev–Trinajstić information content (AvgIpc) is 2.60. The first-order valence-corrected chi connectivity index (χ1v) is 7.94. The number of ether oxygens (including phenoxy) is 1. The number of para-hydroxylation sites is 1. The first-order valence-electron chi connectivity index (χ1n) is 7.94. The average molecular weight is 343 g/mol. The van der Waals surface area contributed by atoms with E-state index in [0.717, 1.165) is 5.57 Å². The van der Waals surface area contributed by atoms with Crippen LogP contribution in [-0.4, -0.2) is 46.0 Å². The molecule has 0 bridgehead atoms. The molecule has 7 nitrogen and oxygen atoms in total. The number of esters is 1. The van der Waals surface area contributed by atoms with Crippen LogP contribution in [0.25, 0.3) is 10.9 Å². The number of carbonyl (C=O) groups is 2. The number of nitrogens with zero attached hydrogens (tertiary/aromatic N) is 3. The molecule has 0 fully saturated rings. The van der Waals surface area contributed by atoms with E-state index in [-0.39, 0.29) is 24.6 Å². The number of fused-ring (bicyclic) bond motifs is 1. The van der Waals surface area contributed by atoms with Gasteiger partial charge in [-0.2, -0.15) is 0 Å². The predicted octanol–water partition coefficient (Wildman–Crippen LogP) is 1.36. The Kier molecular flexibility index (Phi) is 6.05. The Hall–Kier alpha value is -2.96. The summed E-state index contributed by atoms with van der Waals surface area (Å²) in [4.78, 5) is 42.0. The van der Waals surface area contributed by atoms with Crippen molar-refractivity contribution in [1.82, 2.24) is 14.5 Å². The number of amides is 1. The van der Waals surface area contributed by atoms with Gasteiger partial charge in [0.15, 0.2) is 6.61 Å². The van der Waals surface area contributed by atoms with Gasteiger partial charge in [0.2, 0.25) is 0 Å². The van der Waals surface area contributed by atoms with Crippen LogP contribution in [0.15, 0.2) is 47.5 Å². The monoisotopic (exact) mass is 343 g/mol. The van der Waals surface area contributed by atoms with E-state index in [9.17, 15) is 14.4 Å². The third kappa shape index (κ3) is 4.76. The largest absolute Gasteiger partial charge is 0.454 e. The fourth-order valence-corrected chi connectivity index (χ4v) is 2.34. The third-order valence-corrected chi connectivity index (χ3v) is 3.58. The van der Waals surface area contributed by atoms with Gasteiger partial charge in [-0.1, -0.05) is 24.3 Å². The van der Waals surface area contributed by atoms with Gasteiger partial charge in [-0.05, 0) is 26.0 Å². The molecular formula is C18H21N3O4. The zero-order valence-electron chi connectivity index (χ0n) is 14.4. The smallest absolute Gasteiger partial charge is 0.326 e. The van der Waals surface area contributed by atoms with Crippen LogP contribution in [0.3, 0.4) is 0 Å². The fraction of sp³-hybridized carbons (Fsp3) is 0.333. The molecule has 7 heteroatoms. The molecule has 0 spiro atoms. The Bertz CT molecular complexity index is 857. The van der Waals surface area contributed by atoms with Crippen LogP contribution in [0.5, 0.6) is 0 Å². The molecule has 0 saturated heterocycles. The number of hydrogen-bond donors (Lipinski definition) is 0. The maximum Gasteiger partial charge on any atom is 0.326 e. The second-order valence-corrected chi connectivity index (χ2v) is 5.72. The highest BCUT2D eigenvalue weighted by Gasteiger charge is 2.15. The summed E-state index contributed by atoms with van der Waals surface area (Å²) < 4.78 is 6.16. The molecule has 25 heavy (non-hydrogen) atoms. The lowest BCUT2D eigenvalue weighted by atomic mass is 10.2. The highest BCUT2D eigenvalue weighted by molar-refractivity contribution is 5.81. The molecule has 0 saturated carbocycles. The summed E-state index contributed by atoms with van der Waals surface area (Å²) in [7, 11) is 0. The van der Waals surface area contributed by atoms with Crippen molar-refractivity contribution >= 4 is 22.8 Å². The van der Waals surface area contributed by atoms with Crippen LogP contribution in [0.1, 0.15) is 13.8 Å². The summed E-state index contributed by atoms with van der Waals surface area (Å²) in [6.45, 7) is 7.68. The molecule has 0 aliphatic heterocycles. The van der Waals surface area contributed by atoms with Crippen LogP contribution in [0.4, 0.5) is 0 Å². The minimum absolute atomic E-state index is 0.295. The van der Waals surface area contributed by atoms with Crippen molar-refractivity contribution in [3.05, 3.63) is 53.1 Å². The SMILES string of the molecule is C=C(C)CN(CC)C(=O)COC(=O)Cn1cnc2ccccc2c1=O. The van der Waals surface area contributed by atoms with Gasteiger partial charge in [0.1, 0.15) is 6.54 Å². The van der Waals surface area contributed by atoms with Gasteiger partial charge in [-0.3, -0.25) is 19.0 Å². The number of aromatic nitrogens is 2. The van der Waals surface area contributed by atoms with Gasteiger partial charge in [0, 0.05) is 13.1 Å². The Labute approximate surface area is 145 Å². The maximum atomic E-state index is 12.3. The van der Waals surface area contributed by atoms with Gasteiger partial charge < -0.3 is 9.64 Å². The normalized spacial score (nSPS) is 10.5. The summed E-state index contributed by atoms with van der Waals surface area (Å²) in [6, 6.07) is 6.88. The predicted molar refractivity (Wildman–Crippen MR) is 94.0 cm³/mol. The van der Waals surface area contributed by atoms with E-state index in [1.807, 2.05) is 13.8 Å². The van der Waals surface area contributed by atoms with E-state index in [2.05, 4.69) is 11.6 Å². The van der Waals surface area contributed by atoms with Crippen molar-refractivity contribution in [3.63, 3.8) is 0 Å². The molecule has 1 heterocycles. The number of rotatable bonds is 7. The summed E-state index contributed by atoms with van der Waals surface area (Å²) in [6.07, 6.45) is 1.30. The van der Waals surface area contributed by atoms with E-state index in [4.69, 9.17) is 4.74 Å². The Morgan fingerprint density at radius 2 is 2.04 bits per heavy atom. The van der Waals surface area contributed by atoms with Crippen molar-refractivity contribution < 1.29 is 14.3 Å². The number of carbonyl (C=O) groups excluding carboxylic acids is 2. The summed E-state index contributed by atoms with van der Waals surface area (Å²) in [5, 5.41) is 0.424. The van der Waals surface area contributed by atoms with Gasteiger partial charge in [0.25, 0.3) is 11.5 Å². The second kappa shape index (κ2) is 8.23. The number of likely N-dealkylation sites (N-methyl/N-ethyl adjacent to an activating group) is 1. The number of hydrogen-bond acceptors (Lipinski definition) is 5. The topological polar surface area (TPSA) is 81.5 Å². The van der Waals surface area contributed by atoms with Crippen LogP contribution < -0.4 is 5.56 Å². The molecule has 132 valence electrons. The van der Waals surface area contributed by atoms with E-state index in [1.165, 1.54) is 10.9 Å². The van der Waals surface area contributed by atoms with Gasteiger partial charge in [-0.25, -0.2) is 4.98 Å². The van der Waals surface area contributed by atoms with E-state index >= 15 is 0 Å². The lowest BCUT2D eigenvalue weighted by molar-refractivity contribution is -0.152. The fourth-order valence-electron chi connectivity index (χ4n) is 2.34. The summed E-state index contributed by atoms with van der Waals surface area (Å²) >= 11 is 0. The van der Waals surface area contributed by atoms with E-state index in [1.54, 1.807) is 29.2 Å². The highest BCUT2D eigenvalue weighted by atomic mass is 16.5. The maximum absolute atomic E-state index is 12.3. The quantitative estimate of drug-likeness (QED) is 0.560. The first-order chi connectivity index (χ1) is 11.9. The molecular weight excluding hydrogens is 322 g/mol. The lowest BCUT2D eigenvalue weighted by Gasteiger charge is -2.20. The van der Waals surface area contributed by atoms with Crippen molar-refractivity contribution in [3.8, 4) is 0 Å². The highest BCUT2D eigenvalue weighted by Crippen LogP contribution is 2.04. The van der Waals surface area contributed by atoms with Gasteiger partial charge >= 0.3 is 5.97 Å². The molecule has 0 N–H and O–H groups in total. The van der Waals surface area contributed by atoms with E-state index in [0.29, 0.717) is 24.0 Å². The van der Waals surface area contributed by atoms with Crippen molar-refractivity contribution in [2.45, 2.75) is 20.4 Å². The zero-order chi connectivity index (χ0) is 18.4. The molecule has 0 aliphatic carbocycles. The molecule has 1 amide bonds. The van der Waals surface area contributed by atoms with Crippen molar-refractivity contribution in [2.75, 3.05) is 19.7 Å². The molecule has 2 rings (SSSR count). The van der Waals surface area contributed by atoms with Crippen LogP contribution in [0, 0.1) is 0 Å². The standard InChI is InChI=1S/C18H21N3O4/c1-4-20(9-13(2)3)16(22)11-25-17(23)10-21-12-19-15-8-6-5-7-14(15)18(21)24/h5-8,12H,2,4,9-11H2,1,3H3. The Morgan fingerprint density at radius 1 is 1.32 bits per heavy atom. The molecule has 0 unspecified atom stereocenters. The Morgan fingerprint density at radius 3 is 2.72 bits per heavy atom. The third-order valence-electron chi connectivity index (χ3n) is 3.58. The lowest BCUT2D eigenvalue weighted by Crippen LogP contribution is -2.36. The number of benzene rings is 1. The molecule has 2 aromatic rings. The van der Waals surface area contributed by atoms with Crippen LogP contribution >= 0.6 is 0 Å². The van der Waals surface area contributed by atoms with E-state index < -0.39 is 5.97 Å². The Balaban J connectivity index is 1.99. The second-order valence-electron chi connectivity index (χ2n) is 5.72. The first kappa shape index (κ1) is 18.4. The van der Waals surface area contributed by atoms with Crippen molar-refractivity contribution in [1.29, 1.82) is 0 Å². The van der Waals surface area contributed by atoms with Gasteiger partial charge in [-0.15, -0.1) is 0 Å². The van der Waals surface area contributed by atoms with Gasteiger partial charge in [0.05, 0.1) is 17.2 Å². The summed E-state index contributed by atoms with van der Waals surface area (Å²) in [5.41, 5.74) is 1.08. The van der Waals surface area contributed by atoms with Crippen molar-refractivity contribution in [2.24, 2.45) is 0 Å². The van der Waals surface area contributed by atoms with Crippen LogP contribution in [-0.2, 0) is 20.9 Å².